The van der Waals surface area contributed by atoms with Crippen LogP contribution in [0.15, 0.2) is 59.8 Å². The second kappa shape index (κ2) is 7.57. The molecule has 0 fully saturated rings. The number of pyridine rings is 2. The molecule has 0 spiro atoms. The summed E-state index contributed by atoms with van der Waals surface area (Å²) < 4.78 is 7.30. The summed E-state index contributed by atoms with van der Waals surface area (Å²) in [6, 6.07) is 9.85. The minimum absolute atomic E-state index is 0.149. The number of nitrogens with zero attached hydrogens (tertiary/aromatic N) is 2. The molecule has 0 unspecified atom stereocenters. The van der Waals surface area contributed by atoms with E-state index in [9.17, 15) is 4.79 Å². The monoisotopic (exact) mass is 376 g/mol. The molecule has 3 rings (SSSR count). The Balaban J connectivity index is 1.89. The van der Waals surface area contributed by atoms with Crippen LogP contribution in [0.4, 0.5) is 5.69 Å². The molecule has 0 saturated heterocycles. The van der Waals surface area contributed by atoms with Crippen molar-refractivity contribution in [3.63, 3.8) is 0 Å². The molecule has 3 N–H and O–H groups in total. The summed E-state index contributed by atoms with van der Waals surface area (Å²) in [6.45, 7) is 0.399. The third-order valence-electron chi connectivity index (χ3n) is 3.44. The lowest BCUT2D eigenvalue weighted by atomic mass is 10.2. The summed E-state index contributed by atoms with van der Waals surface area (Å²) in [5.74, 6) is 6.07. The molecule has 128 valence electrons. The zero-order valence-electron chi connectivity index (χ0n) is 12.9. The molecule has 0 radical (unpaired) electrons. The van der Waals surface area contributed by atoms with Crippen molar-refractivity contribution < 1.29 is 4.74 Å². The van der Waals surface area contributed by atoms with Gasteiger partial charge in [0.05, 0.1) is 28.5 Å². The Hall–Kier alpha value is -2.54. The average Bonchev–Trinajstić information content (AvgIpc) is 2.61. The van der Waals surface area contributed by atoms with Gasteiger partial charge < -0.3 is 14.7 Å². The summed E-state index contributed by atoms with van der Waals surface area (Å²) in [5, 5.41) is 0.597. The number of hydrazine groups is 1. The zero-order valence-corrected chi connectivity index (χ0v) is 14.5. The molecule has 0 aliphatic rings. The van der Waals surface area contributed by atoms with Gasteiger partial charge >= 0.3 is 0 Å². The molecule has 25 heavy (non-hydrogen) atoms. The van der Waals surface area contributed by atoms with Gasteiger partial charge in [0.25, 0.3) is 5.56 Å². The van der Waals surface area contributed by atoms with Crippen LogP contribution in [-0.4, -0.2) is 9.55 Å². The number of ether oxygens (including phenoxy) is 1. The second-order valence-corrected chi connectivity index (χ2v) is 6.02. The Morgan fingerprint density at radius 3 is 2.44 bits per heavy atom. The molecule has 1 aromatic carbocycles. The fourth-order valence-electron chi connectivity index (χ4n) is 2.24. The van der Waals surface area contributed by atoms with Crippen molar-refractivity contribution in [1.82, 2.24) is 9.55 Å². The minimum atomic E-state index is -0.149. The SMILES string of the molecule is NNc1cc(Cl)c(Oc2ccc(=O)n(Cc3ccncc3)c2)c(Cl)c1. The normalized spacial score (nSPS) is 10.5. The van der Waals surface area contributed by atoms with Gasteiger partial charge in [-0.25, -0.2) is 0 Å². The minimum Gasteiger partial charge on any atom is -0.453 e. The van der Waals surface area contributed by atoms with Crippen LogP contribution in [0.5, 0.6) is 11.5 Å². The number of hydrogen-bond acceptors (Lipinski definition) is 5. The lowest BCUT2D eigenvalue weighted by molar-refractivity contribution is 0.475. The van der Waals surface area contributed by atoms with Crippen LogP contribution in [0.25, 0.3) is 0 Å². The van der Waals surface area contributed by atoms with Gasteiger partial charge in [-0.05, 0) is 35.9 Å². The molecule has 0 aliphatic carbocycles. The number of hydrogen-bond donors (Lipinski definition) is 2. The highest BCUT2D eigenvalue weighted by atomic mass is 35.5. The van der Waals surface area contributed by atoms with E-state index < -0.39 is 0 Å². The molecule has 8 heteroatoms. The number of nitrogens with one attached hydrogen (secondary N) is 1. The fraction of sp³-hybridized carbons (Fsp3) is 0.0588. The summed E-state index contributed by atoms with van der Waals surface area (Å²) >= 11 is 12.4. The summed E-state index contributed by atoms with van der Waals surface area (Å²) in [4.78, 5) is 16.0. The number of aromatic nitrogens is 2. The lowest BCUT2D eigenvalue weighted by Crippen LogP contribution is -2.18. The van der Waals surface area contributed by atoms with Crippen molar-refractivity contribution in [3.05, 3.63) is 81.0 Å². The van der Waals surface area contributed by atoms with Crippen LogP contribution in [0.2, 0.25) is 10.0 Å². The predicted octanol–water partition coefficient (Wildman–Crippen LogP) is 3.68. The zero-order chi connectivity index (χ0) is 17.8. The third-order valence-corrected chi connectivity index (χ3v) is 4.00. The number of nitrogens with two attached hydrogens (primary N) is 1. The first-order chi connectivity index (χ1) is 12.1. The molecule has 0 aliphatic heterocycles. The van der Waals surface area contributed by atoms with Crippen molar-refractivity contribution in [2.75, 3.05) is 5.43 Å². The number of benzene rings is 1. The first-order valence-electron chi connectivity index (χ1n) is 7.30. The Morgan fingerprint density at radius 1 is 1.12 bits per heavy atom. The van der Waals surface area contributed by atoms with Crippen LogP contribution in [-0.2, 0) is 6.54 Å². The van der Waals surface area contributed by atoms with Gasteiger partial charge in [0, 0.05) is 18.5 Å². The van der Waals surface area contributed by atoms with Crippen LogP contribution in [0.3, 0.4) is 0 Å². The molecule has 0 atom stereocenters. The van der Waals surface area contributed by atoms with Crippen molar-refractivity contribution in [2.24, 2.45) is 5.84 Å². The number of anilines is 1. The van der Waals surface area contributed by atoms with Gasteiger partial charge in [-0.2, -0.15) is 0 Å². The van der Waals surface area contributed by atoms with Crippen molar-refractivity contribution in [2.45, 2.75) is 6.54 Å². The number of rotatable bonds is 5. The smallest absolute Gasteiger partial charge is 0.251 e. The standard InChI is InChI=1S/C17H14Cl2N4O2/c18-14-7-12(22-20)8-15(19)17(14)25-13-1-2-16(24)23(10-13)9-11-3-5-21-6-4-11/h1-8,10,22H,9,20H2. The van der Waals surface area contributed by atoms with E-state index in [1.165, 1.54) is 10.6 Å². The van der Waals surface area contributed by atoms with Crippen LogP contribution >= 0.6 is 23.2 Å². The second-order valence-electron chi connectivity index (χ2n) is 5.20. The van der Waals surface area contributed by atoms with E-state index in [1.54, 1.807) is 36.8 Å². The van der Waals surface area contributed by atoms with E-state index >= 15 is 0 Å². The van der Waals surface area contributed by atoms with Crippen molar-refractivity contribution in [1.29, 1.82) is 0 Å². The van der Waals surface area contributed by atoms with Gasteiger partial charge in [-0.3, -0.25) is 15.6 Å². The molecule has 0 amide bonds. The van der Waals surface area contributed by atoms with Gasteiger partial charge in [-0.15, -0.1) is 0 Å². The summed E-state index contributed by atoms with van der Waals surface area (Å²) in [5.41, 5.74) is 3.83. The van der Waals surface area contributed by atoms with Gasteiger partial charge in [-0.1, -0.05) is 23.2 Å². The quantitative estimate of drug-likeness (QED) is 0.524. The van der Waals surface area contributed by atoms with E-state index in [4.69, 9.17) is 33.8 Å². The van der Waals surface area contributed by atoms with E-state index in [1.807, 2.05) is 12.1 Å². The number of halogens is 2. The topological polar surface area (TPSA) is 82.2 Å². The molecular weight excluding hydrogens is 363 g/mol. The highest BCUT2D eigenvalue weighted by molar-refractivity contribution is 6.37. The molecular formula is C17H14Cl2N4O2. The average molecular weight is 377 g/mol. The van der Waals surface area contributed by atoms with Crippen LogP contribution in [0.1, 0.15) is 5.56 Å². The maximum absolute atomic E-state index is 12.1. The lowest BCUT2D eigenvalue weighted by Gasteiger charge is -2.13. The van der Waals surface area contributed by atoms with Gasteiger partial charge in [0.1, 0.15) is 5.75 Å². The maximum atomic E-state index is 12.1. The Bertz CT molecular complexity index is 922. The van der Waals surface area contributed by atoms with E-state index in [-0.39, 0.29) is 11.3 Å². The number of nitrogen functional groups attached to an aromatic ring is 1. The van der Waals surface area contributed by atoms with E-state index in [0.29, 0.717) is 28.0 Å². The summed E-state index contributed by atoms with van der Waals surface area (Å²) in [6.07, 6.45) is 4.95. The third kappa shape index (κ3) is 4.11. The van der Waals surface area contributed by atoms with Crippen molar-refractivity contribution in [3.8, 4) is 11.5 Å². The maximum Gasteiger partial charge on any atom is 0.251 e. The molecule has 3 aromatic rings. The molecule has 6 nitrogen and oxygen atoms in total. The van der Waals surface area contributed by atoms with E-state index in [0.717, 1.165) is 5.56 Å². The first-order valence-corrected chi connectivity index (χ1v) is 8.05. The highest BCUT2D eigenvalue weighted by Crippen LogP contribution is 2.38. The Morgan fingerprint density at radius 2 is 1.80 bits per heavy atom. The molecule has 0 bridgehead atoms. The van der Waals surface area contributed by atoms with Crippen LogP contribution < -0.4 is 21.6 Å². The largest absolute Gasteiger partial charge is 0.453 e. The first kappa shape index (κ1) is 17.3. The Labute approximate surface area is 153 Å². The summed E-state index contributed by atoms with van der Waals surface area (Å²) in [7, 11) is 0. The molecule has 2 heterocycles. The van der Waals surface area contributed by atoms with Crippen LogP contribution in [0, 0.1) is 0 Å². The molecule has 2 aromatic heterocycles. The van der Waals surface area contributed by atoms with Crippen molar-refractivity contribution >= 4 is 28.9 Å². The Kier molecular flexibility index (Phi) is 5.23. The predicted molar refractivity (Wildman–Crippen MR) is 98.4 cm³/mol. The van der Waals surface area contributed by atoms with Gasteiger partial charge in [0.15, 0.2) is 5.75 Å². The molecule has 0 saturated carbocycles. The highest BCUT2D eigenvalue weighted by Gasteiger charge is 2.11. The van der Waals surface area contributed by atoms with E-state index in [2.05, 4.69) is 10.4 Å². The van der Waals surface area contributed by atoms with Gasteiger partial charge in [0.2, 0.25) is 0 Å². The fourth-order valence-corrected chi connectivity index (χ4v) is 2.80.